The minimum atomic E-state index is -5.36. The number of hydrogen-bond donors (Lipinski definition) is 2. The van der Waals surface area contributed by atoms with E-state index < -0.39 is 40.8 Å². The summed E-state index contributed by atoms with van der Waals surface area (Å²) in [7, 11) is 0. The molecular weight excluding hydrogens is 531 g/mol. The maximum atomic E-state index is 13.2. The zero-order chi connectivity index (χ0) is 28.9. The molecule has 0 unspecified atom stereocenters. The second-order valence-corrected chi connectivity index (χ2v) is 11.6. The van der Waals surface area contributed by atoms with Gasteiger partial charge in [-0.1, -0.05) is 18.2 Å². The third kappa shape index (κ3) is 5.67. The lowest BCUT2D eigenvalue weighted by atomic mass is 9.71. The summed E-state index contributed by atoms with van der Waals surface area (Å²) in [6.07, 6.45) is -1.21. The number of aromatic hydroxyl groups is 1. The Labute approximate surface area is 228 Å². The van der Waals surface area contributed by atoms with Crippen molar-refractivity contribution in [1.29, 1.82) is 0 Å². The van der Waals surface area contributed by atoms with Crippen LogP contribution in [0.15, 0.2) is 29.1 Å². The number of pyridine rings is 1. The molecule has 2 aromatic rings. The van der Waals surface area contributed by atoms with E-state index in [2.05, 4.69) is 41.7 Å². The number of alkyl halides is 3. The van der Waals surface area contributed by atoms with E-state index in [9.17, 15) is 32.7 Å². The lowest BCUT2D eigenvalue weighted by Crippen LogP contribution is -2.48. The molecule has 1 aromatic carbocycles. The van der Waals surface area contributed by atoms with Crippen LogP contribution in [-0.4, -0.2) is 69.7 Å². The molecule has 0 atom stereocenters. The Morgan fingerprint density at radius 2 is 1.75 bits per heavy atom. The van der Waals surface area contributed by atoms with Crippen molar-refractivity contribution in [2.75, 3.05) is 26.2 Å². The molecule has 3 aliphatic heterocycles. The summed E-state index contributed by atoms with van der Waals surface area (Å²) in [5.74, 6) is -4.22. The molecule has 12 heteroatoms. The van der Waals surface area contributed by atoms with E-state index in [1.165, 1.54) is 16.0 Å². The van der Waals surface area contributed by atoms with E-state index >= 15 is 0 Å². The number of fused-ring (bicyclic) bond motifs is 1. The average molecular weight is 564 g/mol. The number of halogens is 3. The largest absolute Gasteiger partial charge is 0.494 e. The fraction of sp³-hybridized carbons (Fsp3) is 0.536. The molecule has 2 fully saturated rings. The Hall–Kier alpha value is -3.54. The van der Waals surface area contributed by atoms with Crippen molar-refractivity contribution < 1.29 is 37.3 Å². The Bertz CT molecular complexity index is 1370. The highest BCUT2D eigenvalue weighted by atomic mass is 19.4. The molecule has 0 radical (unpaired) electrons. The highest BCUT2D eigenvalue weighted by molar-refractivity contribution is 5.98. The first-order valence-corrected chi connectivity index (χ1v) is 13.3. The maximum Gasteiger partial charge on any atom is 0.491 e. The number of esters is 1. The Kier molecular flexibility index (Phi) is 7.10. The van der Waals surface area contributed by atoms with Crippen LogP contribution in [0, 0.1) is 5.41 Å². The molecule has 5 rings (SSSR count). The third-order valence-electron chi connectivity index (χ3n) is 8.22. The number of rotatable bonds is 4. The number of carbonyl (C=O) groups is 2. The third-order valence-corrected chi connectivity index (χ3v) is 8.22. The van der Waals surface area contributed by atoms with Crippen molar-refractivity contribution >= 4 is 11.9 Å². The van der Waals surface area contributed by atoms with E-state index in [0.29, 0.717) is 25.9 Å². The Morgan fingerprint density at radius 1 is 1.10 bits per heavy atom. The van der Waals surface area contributed by atoms with Gasteiger partial charge in [-0.2, -0.15) is 13.2 Å². The van der Waals surface area contributed by atoms with Gasteiger partial charge in [-0.05, 0) is 63.6 Å². The van der Waals surface area contributed by atoms with Crippen LogP contribution in [0.4, 0.5) is 13.2 Å². The van der Waals surface area contributed by atoms with Gasteiger partial charge >= 0.3 is 12.1 Å². The van der Waals surface area contributed by atoms with Gasteiger partial charge in [-0.25, -0.2) is 4.79 Å². The number of piperidine rings is 2. The van der Waals surface area contributed by atoms with Crippen molar-refractivity contribution in [3.8, 4) is 17.4 Å². The van der Waals surface area contributed by atoms with Gasteiger partial charge < -0.3 is 19.5 Å². The van der Waals surface area contributed by atoms with E-state index in [1.54, 1.807) is 0 Å². The lowest BCUT2D eigenvalue weighted by Gasteiger charge is -2.47. The molecule has 1 amide bonds. The number of para-hydroxylation sites is 1. The van der Waals surface area contributed by atoms with E-state index in [-0.39, 0.29) is 11.0 Å². The predicted molar refractivity (Wildman–Crippen MR) is 137 cm³/mol. The van der Waals surface area contributed by atoms with Crippen LogP contribution in [0.25, 0.3) is 0 Å². The zero-order valence-electron chi connectivity index (χ0n) is 22.4. The van der Waals surface area contributed by atoms with Gasteiger partial charge in [0.05, 0.1) is 5.56 Å². The number of aromatic amines is 1. The van der Waals surface area contributed by atoms with Crippen molar-refractivity contribution in [2.45, 2.75) is 64.3 Å². The molecule has 9 nitrogen and oxygen atoms in total. The van der Waals surface area contributed by atoms with Gasteiger partial charge in [0, 0.05) is 37.7 Å². The lowest BCUT2D eigenvalue weighted by molar-refractivity contribution is -0.189. The van der Waals surface area contributed by atoms with E-state index in [1.807, 2.05) is 4.98 Å². The predicted octanol–water partition coefficient (Wildman–Crippen LogP) is 3.78. The molecule has 1 spiro atoms. The molecule has 3 aliphatic rings. The van der Waals surface area contributed by atoms with Gasteiger partial charge in [0.2, 0.25) is 5.75 Å². The van der Waals surface area contributed by atoms with Crippen LogP contribution >= 0.6 is 0 Å². The Balaban J connectivity index is 1.21. The molecular formula is C28H32F3N3O6. The molecule has 1 aromatic heterocycles. The number of nitrogens with one attached hydrogen (secondary N) is 1. The molecule has 0 saturated carbocycles. The molecule has 216 valence electrons. The summed E-state index contributed by atoms with van der Waals surface area (Å²) in [4.78, 5) is 42.4. The summed E-state index contributed by atoms with van der Waals surface area (Å²) in [5, 5.41) is 9.76. The SMILES string of the molecule is CC1(C)Cc2cccc(CN3CCC4(CC3)CCN(C(=O)c3cc(O)[nH]c(=O)c3OC(=O)C(F)(F)F)CC4)c2O1. The van der Waals surface area contributed by atoms with Crippen molar-refractivity contribution in [3.05, 3.63) is 51.3 Å². The van der Waals surface area contributed by atoms with Gasteiger partial charge in [0.1, 0.15) is 11.4 Å². The van der Waals surface area contributed by atoms with Crippen LogP contribution in [0.2, 0.25) is 0 Å². The zero-order valence-corrected chi connectivity index (χ0v) is 22.4. The number of benzene rings is 1. The molecule has 4 heterocycles. The summed E-state index contributed by atoms with van der Waals surface area (Å²) < 4.78 is 48.7. The van der Waals surface area contributed by atoms with Gasteiger partial charge in [-0.15, -0.1) is 0 Å². The highest BCUT2D eigenvalue weighted by Gasteiger charge is 2.43. The summed E-state index contributed by atoms with van der Waals surface area (Å²) in [6, 6.07) is 7.11. The molecule has 2 saturated heterocycles. The van der Waals surface area contributed by atoms with Crippen LogP contribution < -0.4 is 15.0 Å². The van der Waals surface area contributed by atoms with Gasteiger partial charge in [0.15, 0.2) is 5.88 Å². The topological polar surface area (TPSA) is 112 Å². The maximum absolute atomic E-state index is 13.2. The van der Waals surface area contributed by atoms with Crippen LogP contribution in [0.5, 0.6) is 17.4 Å². The normalized spacial score (nSPS) is 20.2. The number of likely N-dealkylation sites (tertiary alicyclic amines) is 2. The number of ether oxygens (including phenoxy) is 2. The van der Waals surface area contributed by atoms with Crippen molar-refractivity contribution in [1.82, 2.24) is 14.8 Å². The van der Waals surface area contributed by atoms with Crippen LogP contribution in [-0.2, 0) is 17.8 Å². The molecule has 0 bridgehead atoms. The number of aromatic nitrogens is 1. The van der Waals surface area contributed by atoms with Crippen molar-refractivity contribution in [3.63, 3.8) is 0 Å². The highest BCUT2D eigenvalue weighted by Crippen LogP contribution is 2.43. The second kappa shape index (κ2) is 10.1. The Morgan fingerprint density at radius 3 is 2.40 bits per heavy atom. The van der Waals surface area contributed by atoms with E-state index in [4.69, 9.17) is 4.74 Å². The number of amides is 1. The number of nitrogens with zero attached hydrogens (tertiary/aromatic N) is 2. The average Bonchev–Trinajstić information content (AvgIpc) is 3.21. The quantitative estimate of drug-likeness (QED) is 0.545. The number of hydrogen-bond acceptors (Lipinski definition) is 7. The number of carbonyl (C=O) groups excluding carboxylic acids is 2. The monoisotopic (exact) mass is 563 g/mol. The minimum Gasteiger partial charge on any atom is -0.494 e. The molecule has 2 N–H and O–H groups in total. The first kappa shape index (κ1) is 28.0. The van der Waals surface area contributed by atoms with Gasteiger partial charge in [-0.3, -0.25) is 19.5 Å². The number of H-pyrrole nitrogens is 1. The van der Waals surface area contributed by atoms with Gasteiger partial charge in [0.25, 0.3) is 11.5 Å². The summed E-state index contributed by atoms with van der Waals surface area (Å²) in [6.45, 7) is 7.41. The summed E-state index contributed by atoms with van der Waals surface area (Å²) >= 11 is 0. The van der Waals surface area contributed by atoms with Crippen LogP contribution in [0.3, 0.4) is 0 Å². The summed E-state index contributed by atoms with van der Waals surface area (Å²) in [5.41, 5.74) is 0.348. The van der Waals surface area contributed by atoms with E-state index in [0.717, 1.165) is 50.7 Å². The van der Waals surface area contributed by atoms with Crippen LogP contribution in [0.1, 0.15) is 61.0 Å². The molecule has 40 heavy (non-hydrogen) atoms. The molecule has 0 aliphatic carbocycles. The first-order valence-electron chi connectivity index (χ1n) is 13.3. The van der Waals surface area contributed by atoms with Crippen molar-refractivity contribution in [2.24, 2.45) is 5.41 Å². The first-order chi connectivity index (χ1) is 18.8. The fourth-order valence-electron chi connectivity index (χ4n) is 6.03. The minimum absolute atomic E-state index is 0.0340. The standard InChI is InChI=1S/C28H32F3N3O6/c1-26(2)15-17-4-3-5-18(21(17)40-26)16-33-10-6-27(7-11-33)8-12-34(13-9-27)24(37)19-14-20(35)32-23(36)22(19)39-25(38)28(29,30)31/h3-5,14H,6-13,15-16H2,1-2H3,(H2,32,35,36). The second-order valence-electron chi connectivity index (χ2n) is 11.6. The fourth-order valence-corrected chi connectivity index (χ4v) is 6.03. The smallest absolute Gasteiger partial charge is 0.491 e.